The summed E-state index contributed by atoms with van der Waals surface area (Å²) in [5, 5.41) is 0. The minimum atomic E-state index is 0.903. The van der Waals surface area contributed by atoms with Crippen LogP contribution in [0.5, 0.6) is 0 Å². The normalized spacial score (nSPS) is 9.11. The minimum Gasteiger partial charge on any atom is -0.299 e. The Morgan fingerprint density at radius 1 is 1.22 bits per heavy atom. The third-order valence-electron chi connectivity index (χ3n) is 0.953. The van der Waals surface area contributed by atoms with Gasteiger partial charge in [0.1, 0.15) is 0 Å². The lowest BCUT2D eigenvalue weighted by Gasteiger charge is -1.94. The molecule has 0 unspecified atom stereocenters. The van der Waals surface area contributed by atoms with Crippen molar-refractivity contribution >= 4 is 33.4 Å². The average molecular weight is 206 g/mol. The Hall–Kier alpha value is -0.210. The van der Waals surface area contributed by atoms with Crippen LogP contribution in [0.3, 0.4) is 0 Å². The molecule has 1 aromatic rings. The summed E-state index contributed by atoms with van der Waals surface area (Å²) >= 11 is 8.62. The predicted octanol–water partition coefficient (Wildman–Crippen LogP) is 3.01. The fourth-order valence-electron chi connectivity index (χ4n) is 0.513. The standard InChI is InChI=1S/C6H5BrClN/c7-5-1-3-6(9-8)4-2-5/h1-4,9H. The molecule has 1 aromatic carbocycles. The van der Waals surface area contributed by atoms with E-state index in [0.717, 1.165) is 10.2 Å². The first-order valence-corrected chi connectivity index (χ1v) is 3.62. The summed E-state index contributed by atoms with van der Waals surface area (Å²) in [6.07, 6.45) is 0. The molecule has 1 nitrogen and oxygen atoms in total. The van der Waals surface area contributed by atoms with Crippen molar-refractivity contribution in [2.45, 2.75) is 0 Å². The van der Waals surface area contributed by atoms with Crippen LogP contribution in [0, 0.1) is 0 Å². The maximum atomic E-state index is 5.31. The second-order valence-corrected chi connectivity index (χ2v) is 2.71. The van der Waals surface area contributed by atoms with Crippen molar-refractivity contribution in [1.29, 1.82) is 0 Å². The molecule has 0 amide bonds. The first-order chi connectivity index (χ1) is 4.33. The Kier molecular flexibility index (Phi) is 2.37. The number of hydrogen-bond acceptors (Lipinski definition) is 1. The fraction of sp³-hybridized carbons (Fsp3) is 0. The zero-order valence-electron chi connectivity index (χ0n) is 4.57. The Balaban J connectivity index is 2.88. The van der Waals surface area contributed by atoms with Crippen molar-refractivity contribution in [2.24, 2.45) is 0 Å². The summed E-state index contributed by atoms with van der Waals surface area (Å²) in [5.41, 5.74) is 0.903. The summed E-state index contributed by atoms with van der Waals surface area (Å²) in [6, 6.07) is 7.61. The van der Waals surface area contributed by atoms with E-state index in [9.17, 15) is 0 Å². The summed E-state index contributed by atoms with van der Waals surface area (Å²) in [5.74, 6) is 0. The predicted molar refractivity (Wildman–Crippen MR) is 43.6 cm³/mol. The molecular formula is C6H5BrClN. The largest absolute Gasteiger partial charge is 0.299 e. The minimum absolute atomic E-state index is 0.903. The molecule has 3 heteroatoms. The summed E-state index contributed by atoms with van der Waals surface area (Å²) in [6.45, 7) is 0. The molecule has 1 rings (SSSR count). The van der Waals surface area contributed by atoms with Crippen molar-refractivity contribution < 1.29 is 0 Å². The Labute approximate surface area is 67.3 Å². The van der Waals surface area contributed by atoms with Gasteiger partial charge in [-0.05, 0) is 24.3 Å². The molecule has 0 aliphatic carbocycles. The van der Waals surface area contributed by atoms with Crippen LogP contribution in [0.1, 0.15) is 0 Å². The van der Waals surface area contributed by atoms with Crippen LogP contribution in [-0.2, 0) is 0 Å². The number of anilines is 1. The zero-order valence-corrected chi connectivity index (χ0v) is 6.91. The van der Waals surface area contributed by atoms with Crippen LogP contribution < -0.4 is 4.84 Å². The Morgan fingerprint density at radius 2 is 1.78 bits per heavy atom. The number of nitrogens with one attached hydrogen (secondary N) is 1. The van der Waals surface area contributed by atoms with Crippen LogP contribution in [-0.4, -0.2) is 0 Å². The molecule has 0 spiro atoms. The molecule has 0 heterocycles. The van der Waals surface area contributed by atoms with Crippen molar-refractivity contribution in [3.8, 4) is 0 Å². The van der Waals surface area contributed by atoms with Gasteiger partial charge >= 0.3 is 0 Å². The van der Waals surface area contributed by atoms with E-state index >= 15 is 0 Å². The Morgan fingerprint density at radius 3 is 2.22 bits per heavy atom. The summed E-state index contributed by atoms with van der Waals surface area (Å²) in [7, 11) is 0. The second kappa shape index (κ2) is 3.08. The average Bonchev–Trinajstić information content (AvgIpc) is 1.90. The molecule has 0 aliphatic heterocycles. The van der Waals surface area contributed by atoms with Crippen LogP contribution in [0.25, 0.3) is 0 Å². The van der Waals surface area contributed by atoms with Crippen LogP contribution in [0.2, 0.25) is 0 Å². The van der Waals surface area contributed by atoms with Gasteiger partial charge in [0, 0.05) is 21.9 Å². The topological polar surface area (TPSA) is 12.0 Å². The fourth-order valence-corrected chi connectivity index (χ4v) is 0.903. The highest BCUT2D eigenvalue weighted by molar-refractivity contribution is 9.10. The molecule has 0 saturated carbocycles. The van der Waals surface area contributed by atoms with Gasteiger partial charge in [-0.25, -0.2) is 0 Å². The smallest absolute Gasteiger partial charge is 0.0492 e. The van der Waals surface area contributed by atoms with Gasteiger partial charge in [-0.2, -0.15) is 0 Å². The molecule has 0 bridgehead atoms. The summed E-state index contributed by atoms with van der Waals surface area (Å²) < 4.78 is 1.05. The lowest BCUT2D eigenvalue weighted by Crippen LogP contribution is -1.76. The van der Waals surface area contributed by atoms with E-state index in [1.54, 1.807) is 0 Å². The summed E-state index contributed by atoms with van der Waals surface area (Å²) in [4.78, 5) is 2.51. The monoisotopic (exact) mass is 205 g/mol. The maximum absolute atomic E-state index is 5.31. The molecule has 0 fully saturated rings. The Bertz CT molecular complexity index is 185. The van der Waals surface area contributed by atoms with Crippen molar-refractivity contribution in [3.05, 3.63) is 28.7 Å². The van der Waals surface area contributed by atoms with Gasteiger partial charge in [0.15, 0.2) is 0 Å². The highest BCUT2D eigenvalue weighted by Crippen LogP contribution is 2.13. The third kappa shape index (κ3) is 1.88. The van der Waals surface area contributed by atoms with E-state index in [1.807, 2.05) is 24.3 Å². The van der Waals surface area contributed by atoms with Crippen molar-refractivity contribution in [1.82, 2.24) is 0 Å². The number of hydrogen-bond donors (Lipinski definition) is 1. The SMILES string of the molecule is ClNc1ccc(Br)cc1. The van der Waals surface area contributed by atoms with E-state index in [4.69, 9.17) is 11.8 Å². The third-order valence-corrected chi connectivity index (χ3v) is 1.70. The molecule has 9 heavy (non-hydrogen) atoms. The van der Waals surface area contributed by atoms with Crippen molar-refractivity contribution in [3.63, 3.8) is 0 Å². The van der Waals surface area contributed by atoms with E-state index in [0.29, 0.717) is 0 Å². The molecule has 0 aliphatic rings. The van der Waals surface area contributed by atoms with Crippen LogP contribution in [0.15, 0.2) is 28.7 Å². The highest BCUT2D eigenvalue weighted by Gasteiger charge is 1.86. The molecular weight excluding hydrogens is 201 g/mol. The number of benzene rings is 1. The van der Waals surface area contributed by atoms with Gasteiger partial charge in [-0.15, -0.1) is 0 Å². The van der Waals surface area contributed by atoms with Gasteiger partial charge in [-0.3, -0.25) is 4.84 Å². The molecule has 0 radical (unpaired) electrons. The van der Waals surface area contributed by atoms with E-state index < -0.39 is 0 Å². The van der Waals surface area contributed by atoms with Crippen LogP contribution >= 0.6 is 27.7 Å². The highest BCUT2D eigenvalue weighted by atomic mass is 79.9. The lowest BCUT2D eigenvalue weighted by molar-refractivity contribution is 1.63. The molecule has 0 aromatic heterocycles. The number of halogens is 2. The lowest BCUT2D eigenvalue weighted by atomic mass is 10.3. The second-order valence-electron chi connectivity index (χ2n) is 1.60. The van der Waals surface area contributed by atoms with Gasteiger partial charge in [0.2, 0.25) is 0 Å². The van der Waals surface area contributed by atoms with E-state index in [-0.39, 0.29) is 0 Å². The number of rotatable bonds is 1. The van der Waals surface area contributed by atoms with E-state index in [1.165, 1.54) is 0 Å². The first kappa shape index (κ1) is 6.90. The maximum Gasteiger partial charge on any atom is 0.0492 e. The van der Waals surface area contributed by atoms with Gasteiger partial charge in [-0.1, -0.05) is 15.9 Å². The van der Waals surface area contributed by atoms with Gasteiger partial charge < -0.3 is 0 Å². The van der Waals surface area contributed by atoms with E-state index in [2.05, 4.69) is 20.8 Å². The van der Waals surface area contributed by atoms with Gasteiger partial charge in [0.25, 0.3) is 0 Å². The first-order valence-electron chi connectivity index (χ1n) is 2.45. The molecule has 0 atom stereocenters. The van der Waals surface area contributed by atoms with Gasteiger partial charge in [0.05, 0.1) is 0 Å². The quantitative estimate of drug-likeness (QED) is 0.697. The molecule has 0 saturated heterocycles. The molecule has 1 N–H and O–H groups in total. The van der Waals surface area contributed by atoms with Crippen molar-refractivity contribution in [2.75, 3.05) is 4.84 Å². The molecule has 48 valence electrons. The zero-order chi connectivity index (χ0) is 6.69. The van der Waals surface area contributed by atoms with Crippen LogP contribution in [0.4, 0.5) is 5.69 Å².